The highest BCUT2D eigenvalue weighted by molar-refractivity contribution is 5.89. The SMILES string of the molecule is O=C(O[C@H]1C=CCCC1)c1ccccc1. The van der Waals surface area contributed by atoms with Gasteiger partial charge in [-0.3, -0.25) is 0 Å². The Morgan fingerprint density at radius 1 is 1.27 bits per heavy atom. The van der Waals surface area contributed by atoms with Crippen molar-refractivity contribution in [2.75, 3.05) is 0 Å². The maximum Gasteiger partial charge on any atom is 0.338 e. The summed E-state index contributed by atoms with van der Waals surface area (Å²) >= 11 is 0. The topological polar surface area (TPSA) is 26.3 Å². The van der Waals surface area contributed by atoms with Gasteiger partial charge in [0.2, 0.25) is 0 Å². The summed E-state index contributed by atoms with van der Waals surface area (Å²) in [6.07, 6.45) is 7.15. The molecule has 2 nitrogen and oxygen atoms in total. The van der Waals surface area contributed by atoms with Crippen LogP contribution in [-0.2, 0) is 4.74 Å². The molecule has 1 aromatic rings. The number of hydrogen-bond acceptors (Lipinski definition) is 2. The maximum absolute atomic E-state index is 11.7. The molecule has 1 aliphatic rings. The molecule has 0 aromatic heterocycles. The van der Waals surface area contributed by atoms with E-state index in [9.17, 15) is 4.79 Å². The Hall–Kier alpha value is -1.57. The van der Waals surface area contributed by atoms with E-state index in [0.717, 1.165) is 19.3 Å². The van der Waals surface area contributed by atoms with Crippen molar-refractivity contribution in [2.24, 2.45) is 0 Å². The van der Waals surface area contributed by atoms with Crippen LogP contribution < -0.4 is 0 Å². The molecule has 0 spiro atoms. The fraction of sp³-hybridized carbons (Fsp3) is 0.308. The number of allylic oxidation sites excluding steroid dienone is 1. The lowest BCUT2D eigenvalue weighted by molar-refractivity contribution is 0.0370. The molecule has 15 heavy (non-hydrogen) atoms. The summed E-state index contributed by atoms with van der Waals surface area (Å²) in [6, 6.07) is 9.11. The van der Waals surface area contributed by atoms with Crippen molar-refractivity contribution in [3.05, 3.63) is 48.0 Å². The van der Waals surface area contributed by atoms with Gasteiger partial charge in [-0.15, -0.1) is 0 Å². The van der Waals surface area contributed by atoms with E-state index in [1.54, 1.807) is 12.1 Å². The molecule has 0 heterocycles. The third-order valence-electron chi connectivity index (χ3n) is 2.48. The third-order valence-corrected chi connectivity index (χ3v) is 2.48. The van der Waals surface area contributed by atoms with Crippen LogP contribution in [0.4, 0.5) is 0 Å². The summed E-state index contributed by atoms with van der Waals surface area (Å²) < 4.78 is 5.35. The summed E-state index contributed by atoms with van der Waals surface area (Å²) in [5.74, 6) is -0.229. The Balaban J connectivity index is 1.98. The van der Waals surface area contributed by atoms with Crippen molar-refractivity contribution in [1.82, 2.24) is 0 Å². The van der Waals surface area contributed by atoms with Crippen LogP contribution in [0.25, 0.3) is 0 Å². The first-order valence-electron chi connectivity index (χ1n) is 5.29. The minimum atomic E-state index is -0.229. The van der Waals surface area contributed by atoms with Crippen molar-refractivity contribution in [3.8, 4) is 0 Å². The van der Waals surface area contributed by atoms with Gasteiger partial charge >= 0.3 is 5.97 Å². The zero-order valence-corrected chi connectivity index (χ0v) is 8.56. The lowest BCUT2D eigenvalue weighted by Crippen LogP contribution is -2.17. The highest BCUT2D eigenvalue weighted by Crippen LogP contribution is 2.15. The zero-order valence-electron chi connectivity index (χ0n) is 8.56. The van der Waals surface area contributed by atoms with E-state index in [1.807, 2.05) is 24.3 Å². The van der Waals surface area contributed by atoms with Crippen molar-refractivity contribution >= 4 is 5.97 Å². The number of hydrogen-bond donors (Lipinski definition) is 0. The molecule has 0 radical (unpaired) electrons. The average Bonchev–Trinajstić information content (AvgIpc) is 2.31. The van der Waals surface area contributed by atoms with Gasteiger partial charge in [0.15, 0.2) is 0 Å². The summed E-state index contributed by atoms with van der Waals surface area (Å²) in [7, 11) is 0. The molecule has 2 heteroatoms. The molecular formula is C13H14O2. The normalized spacial score (nSPS) is 19.9. The van der Waals surface area contributed by atoms with E-state index >= 15 is 0 Å². The van der Waals surface area contributed by atoms with Crippen molar-refractivity contribution in [3.63, 3.8) is 0 Å². The third kappa shape index (κ3) is 2.69. The molecule has 0 saturated carbocycles. The second-order valence-corrected chi connectivity index (χ2v) is 3.67. The lowest BCUT2D eigenvalue weighted by Gasteiger charge is -2.16. The van der Waals surface area contributed by atoms with Gasteiger partial charge in [-0.05, 0) is 37.5 Å². The molecular weight excluding hydrogens is 188 g/mol. The van der Waals surface area contributed by atoms with Crippen LogP contribution in [0.1, 0.15) is 29.6 Å². The lowest BCUT2D eigenvalue weighted by atomic mass is 10.1. The van der Waals surface area contributed by atoms with E-state index in [-0.39, 0.29) is 12.1 Å². The molecule has 0 fully saturated rings. The second kappa shape index (κ2) is 4.78. The van der Waals surface area contributed by atoms with Crippen LogP contribution in [0, 0.1) is 0 Å². The van der Waals surface area contributed by atoms with Crippen LogP contribution in [-0.4, -0.2) is 12.1 Å². The monoisotopic (exact) mass is 202 g/mol. The predicted molar refractivity (Wildman–Crippen MR) is 58.6 cm³/mol. The van der Waals surface area contributed by atoms with Crippen LogP contribution in [0.2, 0.25) is 0 Å². The minimum absolute atomic E-state index is 0.0357. The maximum atomic E-state index is 11.7. The fourth-order valence-electron chi connectivity index (χ4n) is 1.66. The van der Waals surface area contributed by atoms with Gasteiger partial charge in [0, 0.05) is 0 Å². The fourth-order valence-corrected chi connectivity index (χ4v) is 1.66. The van der Waals surface area contributed by atoms with Gasteiger partial charge in [0.05, 0.1) is 5.56 Å². The Morgan fingerprint density at radius 2 is 2.07 bits per heavy atom. The van der Waals surface area contributed by atoms with Gasteiger partial charge in [0.1, 0.15) is 6.10 Å². The molecule has 0 aliphatic heterocycles. The summed E-state index contributed by atoms with van der Waals surface area (Å²) in [6.45, 7) is 0. The Kier molecular flexibility index (Phi) is 3.18. The number of esters is 1. The Bertz CT molecular complexity index is 354. The van der Waals surface area contributed by atoms with Gasteiger partial charge < -0.3 is 4.74 Å². The van der Waals surface area contributed by atoms with Crippen LogP contribution in [0.5, 0.6) is 0 Å². The van der Waals surface area contributed by atoms with Gasteiger partial charge in [0.25, 0.3) is 0 Å². The van der Waals surface area contributed by atoms with Crippen molar-refractivity contribution in [1.29, 1.82) is 0 Å². The molecule has 0 bridgehead atoms. The van der Waals surface area contributed by atoms with Crippen LogP contribution in [0.3, 0.4) is 0 Å². The van der Waals surface area contributed by atoms with Crippen LogP contribution in [0.15, 0.2) is 42.5 Å². The van der Waals surface area contributed by atoms with Gasteiger partial charge in [-0.2, -0.15) is 0 Å². The summed E-state index contributed by atoms with van der Waals surface area (Å²) in [5.41, 5.74) is 0.622. The molecule has 0 saturated heterocycles. The molecule has 1 atom stereocenters. The second-order valence-electron chi connectivity index (χ2n) is 3.67. The van der Waals surface area contributed by atoms with Crippen molar-refractivity contribution in [2.45, 2.75) is 25.4 Å². The first-order chi connectivity index (χ1) is 7.36. The molecule has 0 N–H and O–H groups in total. The highest BCUT2D eigenvalue weighted by atomic mass is 16.5. The molecule has 0 unspecified atom stereocenters. The Morgan fingerprint density at radius 3 is 2.73 bits per heavy atom. The first kappa shape index (κ1) is 9.97. The van der Waals surface area contributed by atoms with Crippen LogP contribution >= 0.6 is 0 Å². The number of ether oxygens (including phenoxy) is 1. The summed E-state index contributed by atoms with van der Waals surface area (Å²) in [5, 5.41) is 0. The molecule has 78 valence electrons. The molecule has 2 rings (SSSR count). The Labute approximate surface area is 89.6 Å². The van der Waals surface area contributed by atoms with E-state index in [0.29, 0.717) is 5.56 Å². The van der Waals surface area contributed by atoms with Gasteiger partial charge in [-0.25, -0.2) is 4.79 Å². The quantitative estimate of drug-likeness (QED) is 0.544. The minimum Gasteiger partial charge on any atom is -0.455 e. The van der Waals surface area contributed by atoms with E-state index in [1.165, 1.54) is 0 Å². The molecule has 0 amide bonds. The first-order valence-corrected chi connectivity index (χ1v) is 5.29. The largest absolute Gasteiger partial charge is 0.455 e. The van der Waals surface area contributed by atoms with Crippen molar-refractivity contribution < 1.29 is 9.53 Å². The highest BCUT2D eigenvalue weighted by Gasteiger charge is 2.14. The number of carbonyl (C=O) groups excluding carboxylic acids is 1. The molecule has 1 aliphatic carbocycles. The number of carbonyl (C=O) groups is 1. The smallest absolute Gasteiger partial charge is 0.338 e. The number of benzene rings is 1. The predicted octanol–water partition coefficient (Wildman–Crippen LogP) is 2.95. The van der Waals surface area contributed by atoms with Gasteiger partial charge in [-0.1, -0.05) is 24.3 Å². The number of rotatable bonds is 2. The van der Waals surface area contributed by atoms with E-state index in [2.05, 4.69) is 6.08 Å². The summed E-state index contributed by atoms with van der Waals surface area (Å²) in [4.78, 5) is 11.7. The average molecular weight is 202 g/mol. The zero-order chi connectivity index (χ0) is 10.5. The standard InChI is InChI=1S/C13H14O2/c14-13(11-7-3-1-4-8-11)15-12-9-5-2-6-10-12/h1,3-5,7-9,12H,2,6,10H2/t12-/m0/s1. The van der Waals surface area contributed by atoms with E-state index in [4.69, 9.17) is 4.74 Å². The van der Waals surface area contributed by atoms with E-state index < -0.39 is 0 Å². The molecule has 1 aromatic carbocycles.